The van der Waals surface area contributed by atoms with Crippen LogP contribution in [0.2, 0.25) is 0 Å². The molecular weight excluding hydrogens is 534 g/mol. The van der Waals surface area contributed by atoms with E-state index in [4.69, 9.17) is 14.5 Å². The molecule has 2 amide bonds. The number of aliphatic imine (C=N–C) groups is 1. The van der Waals surface area contributed by atoms with Gasteiger partial charge in [-0.25, -0.2) is 4.99 Å². The largest absolute Gasteiger partial charge is 0.490 e. The minimum Gasteiger partial charge on any atom is -0.490 e. The number of anilines is 1. The highest BCUT2D eigenvalue weighted by atomic mass is 32.2. The number of para-hydroxylation sites is 2. The maximum atomic E-state index is 13.8. The Bertz CT molecular complexity index is 1420. The van der Waals surface area contributed by atoms with E-state index >= 15 is 0 Å². The molecule has 0 bridgehead atoms. The van der Waals surface area contributed by atoms with Gasteiger partial charge >= 0.3 is 0 Å². The minimum absolute atomic E-state index is 0.0145. The van der Waals surface area contributed by atoms with Crippen molar-refractivity contribution < 1.29 is 19.1 Å². The van der Waals surface area contributed by atoms with Crippen molar-refractivity contribution in [3.63, 3.8) is 0 Å². The Balaban J connectivity index is 1.37. The van der Waals surface area contributed by atoms with E-state index in [1.807, 2.05) is 90.7 Å². The standard InChI is InChI=1S/C33H35N3O4S/c1-3-39-29-20-24(18-19-28(29)40-22-31(37)34-25-13-6-4-7-14-25)21-30-32(38)36(27-17-11-10-12-23(27)2)33(41-30)35-26-15-8-5-9-16-26/h4-9,13-16,18-21,23,27H,3,10-12,17,22H2,1-2H3,(H,34,37)/b30-21-,35-33?/t23-,27+/m0/s1. The molecule has 0 aromatic heterocycles. The number of hydrogen-bond acceptors (Lipinski definition) is 6. The number of ether oxygens (including phenoxy) is 2. The topological polar surface area (TPSA) is 80.2 Å². The molecule has 1 saturated heterocycles. The summed E-state index contributed by atoms with van der Waals surface area (Å²) >= 11 is 1.41. The normalized spacial score (nSPS) is 20.8. The summed E-state index contributed by atoms with van der Waals surface area (Å²) in [5, 5.41) is 3.54. The molecule has 1 aliphatic heterocycles. The molecule has 2 atom stereocenters. The van der Waals surface area contributed by atoms with Gasteiger partial charge in [0.25, 0.3) is 11.8 Å². The molecule has 8 heteroatoms. The van der Waals surface area contributed by atoms with Crippen molar-refractivity contribution in [1.82, 2.24) is 4.90 Å². The third-order valence-corrected chi connectivity index (χ3v) is 8.18. The molecule has 2 fully saturated rings. The fraction of sp³-hybridized carbons (Fsp3) is 0.303. The van der Waals surface area contributed by atoms with Gasteiger partial charge in [-0.1, -0.05) is 62.2 Å². The Hall–Kier alpha value is -4.04. The van der Waals surface area contributed by atoms with Gasteiger partial charge in [0.1, 0.15) is 0 Å². The highest BCUT2D eigenvalue weighted by molar-refractivity contribution is 8.18. The summed E-state index contributed by atoms with van der Waals surface area (Å²) in [6.07, 6.45) is 6.29. The Kier molecular flexibility index (Phi) is 9.41. The third kappa shape index (κ3) is 7.19. The zero-order valence-corrected chi connectivity index (χ0v) is 24.2. The number of thioether (sulfide) groups is 1. The Morgan fingerprint density at radius 3 is 2.46 bits per heavy atom. The molecule has 1 N–H and O–H groups in total. The second-order valence-electron chi connectivity index (χ2n) is 10.2. The molecule has 5 rings (SSSR count). The fourth-order valence-electron chi connectivity index (χ4n) is 5.17. The van der Waals surface area contributed by atoms with Crippen molar-refractivity contribution in [1.29, 1.82) is 0 Å². The van der Waals surface area contributed by atoms with Crippen LogP contribution in [-0.4, -0.2) is 41.1 Å². The van der Waals surface area contributed by atoms with Crippen molar-refractivity contribution in [3.8, 4) is 11.5 Å². The summed E-state index contributed by atoms with van der Waals surface area (Å²) in [6, 6.07) is 24.6. The highest BCUT2D eigenvalue weighted by Gasteiger charge is 2.41. The van der Waals surface area contributed by atoms with E-state index in [1.165, 1.54) is 18.2 Å². The summed E-state index contributed by atoms with van der Waals surface area (Å²) in [5.41, 5.74) is 2.34. The summed E-state index contributed by atoms with van der Waals surface area (Å²) in [6.45, 7) is 4.40. The quantitative estimate of drug-likeness (QED) is 0.274. The van der Waals surface area contributed by atoms with Gasteiger partial charge in [-0.2, -0.15) is 0 Å². The fourth-order valence-corrected chi connectivity index (χ4v) is 6.21. The lowest BCUT2D eigenvalue weighted by molar-refractivity contribution is -0.125. The average Bonchev–Trinajstić information content (AvgIpc) is 3.27. The number of nitrogens with zero attached hydrogens (tertiary/aromatic N) is 2. The monoisotopic (exact) mass is 569 g/mol. The second-order valence-corrected chi connectivity index (χ2v) is 11.2. The number of amides is 2. The SMILES string of the molecule is CCOc1cc(/C=C2\SC(=Nc3ccccc3)N([C@@H]3CCCC[C@@H]3C)C2=O)ccc1OCC(=O)Nc1ccccc1. The lowest BCUT2D eigenvalue weighted by atomic mass is 9.85. The predicted octanol–water partition coefficient (Wildman–Crippen LogP) is 7.29. The zero-order valence-electron chi connectivity index (χ0n) is 23.4. The van der Waals surface area contributed by atoms with Crippen LogP contribution in [-0.2, 0) is 9.59 Å². The third-order valence-electron chi connectivity index (χ3n) is 7.20. The van der Waals surface area contributed by atoms with Crippen LogP contribution in [0, 0.1) is 5.92 Å². The first-order valence-corrected chi connectivity index (χ1v) is 14.9. The van der Waals surface area contributed by atoms with Crippen molar-refractivity contribution in [2.75, 3.05) is 18.5 Å². The van der Waals surface area contributed by atoms with Crippen molar-refractivity contribution >= 4 is 46.2 Å². The first-order chi connectivity index (χ1) is 20.0. The molecule has 0 unspecified atom stereocenters. The molecule has 2 aliphatic rings. The Labute approximate surface area is 245 Å². The minimum atomic E-state index is -0.264. The van der Waals surface area contributed by atoms with Gasteiger partial charge in [0, 0.05) is 11.7 Å². The van der Waals surface area contributed by atoms with Gasteiger partial charge in [-0.3, -0.25) is 14.5 Å². The lowest BCUT2D eigenvalue weighted by Gasteiger charge is -2.35. The average molecular weight is 570 g/mol. The lowest BCUT2D eigenvalue weighted by Crippen LogP contribution is -2.44. The molecule has 3 aromatic carbocycles. The molecule has 212 valence electrons. The maximum Gasteiger partial charge on any atom is 0.267 e. The van der Waals surface area contributed by atoms with E-state index in [-0.39, 0.29) is 24.5 Å². The van der Waals surface area contributed by atoms with Gasteiger partial charge in [0.2, 0.25) is 0 Å². The number of nitrogens with one attached hydrogen (secondary N) is 1. The van der Waals surface area contributed by atoms with E-state index in [2.05, 4.69) is 12.2 Å². The number of rotatable bonds is 9. The van der Waals surface area contributed by atoms with Crippen LogP contribution in [0.1, 0.15) is 45.1 Å². The van der Waals surface area contributed by atoms with Gasteiger partial charge in [-0.05, 0) is 85.5 Å². The number of carbonyl (C=O) groups is 2. The van der Waals surface area contributed by atoms with Gasteiger partial charge in [0.05, 0.1) is 17.2 Å². The number of benzene rings is 3. The predicted molar refractivity (Wildman–Crippen MR) is 166 cm³/mol. The van der Waals surface area contributed by atoms with E-state index in [1.54, 1.807) is 6.07 Å². The molecule has 1 heterocycles. The molecule has 1 aliphatic carbocycles. The Morgan fingerprint density at radius 1 is 1.00 bits per heavy atom. The maximum absolute atomic E-state index is 13.8. The second kappa shape index (κ2) is 13.5. The zero-order chi connectivity index (χ0) is 28.6. The summed E-state index contributed by atoms with van der Waals surface area (Å²) in [4.78, 5) is 33.6. The van der Waals surface area contributed by atoms with Gasteiger partial charge in [0.15, 0.2) is 23.3 Å². The molecule has 7 nitrogen and oxygen atoms in total. The molecule has 1 saturated carbocycles. The number of hydrogen-bond donors (Lipinski definition) is 1. The van der Waals surface area contributed by atoms with Gasteiger partial charge in [-0.15, -0.1) is 0 Å². The van der Waals surface area contributed by atoms with E-state index in [0.717, 1.165) is 35.7 Å². The molecular formula is C33H35N3O4S. The van der Waals surface area contributed by atoms with Crippen LogP contribution in [0.25, 0.3) is 6.08 Å². The summed E-state index contributed by atoms with van der Waals surface area (Å²) in [5.74, 6) is 1.11. The molecule has 0 radical (unpaired) electrons. The van der Waals surface area contributed by atoms with Crippen molar-refractivity contribution in [3.05, 3.63) is 89.3 Å². The van der Waals surface area contributed by atoms with Crippen LogP contribution in [0.3, 0.4) is 0 Å². The van der Waals surface area contributed by atoms with Crippen molar-refractivity contribution in [2.45, 2.75) is 45.6 Å². The van der Waals surface area contributed by atoms with E-state index in [0.29, 0.717) is 34.6 Å². The van der Waals surface area contributed by atoms with Crippen molar-refractivity contribution in [2.24, 2.45) is 10.9 Å². The van der Waals surface area contributed by atoms with Crippen LogP contribution in [0.5, 0.6) is 11.5 Å². The van der Waals surface area contributed by atoms with Gasteiger partial charge < -0.3 is 14.8 Å². The van der Waals surface area contributed by atoms with Crippen LogP contribution in [0.15, 0.2) is 88.8 Å². The first-order valence-electron chi connectivity index (χ1n) is 14.1. The van der Waals surface area contributed by atoms with E-state index in [9.17, 15) is 9.59 Å². The van der Waals surface area contributed by atoms with E-state index < -0.39 is 0 Å². The summed E-state index contributed by atoms with van der Waals surface area (Å²) < 4.78 is 11.6. The molecule has 41 heavy (non-hydrogen) atoms. The summed E-state index contributed by atoms with van der Waals surface area (Å²) in [7, 11) is 0. The smallest absolute Gasteiger partial charge is 0.267 e. The number of carbonyl (C=O) groups excluding carboxylic acids is 2. The highest BCUT2D eigenvalue weighted by Crippen LogP contribution is 2.40. The molecule has 0 spiro atoms. The van der Waals surface area contributed by atoms with Crippen LogP contribution >= 0.6 is 11.8 Å². The van der Waals surface area contributed by atoms with Crippen LogP contribution in [0.4, 0.5) is 11.4 Å². The molecule has 3 aromatic rings. The number of amidine groups is 1. The first kappa shape index (κ1) is 28.5. The Morgan fingerprint density at radius 2 is 1.73 bits per heavy atom. The van der Waals surface area contributed by atoms with Crippen LogP contribution < -0.4 is 14.8 Å².